The van der Waals surface area contributed by atoms with Gasteiger partial charge in [-0.15, -0.1) is 0 Å². The van der Waals surface area contributed by atoms with E-state index in [1.807, 2.05) is 12.1 Å². The summed E-state index contributed by atoms with van der Waals surface area (Å²) in [7, 11) is 0. The number of hydrogen-bond donors (Lipinski definition) is 1. The predicted octanol–water partition coefficient (Wildman–Crippen LogP) is 3.71. The monoisotopic (exact) mass is 290 g/mol. The van der Waals surface area contributed by atoms with E-state index in [9.17, 15) is 4.39 Å². The van der Waals surface area contributed by atoms with E-state index in [1.165, 1.54) is 25.7 Å². The summed E-state index contributed by atoms with van der Waals surface area (Å²) in [5.41, 5.74) is 1.24. The first-order valence-electron chi connectivity index (χ1n) is 8.30. The summed E-state index contributed by atoms with van der Waals surface area (Å²) in [6.07, 6.45) is 6.20. The molecular formula is C18H27FN2. The lowest BCUT2D eigenvalue weighted by molar-refractivity contribution is 0.00463. The van der Waals surface area contributed by atoms with Crippen molar-refractivity contribution in [3.05, 3.63) is 35.6 Å². The van der Waals surface area contributed by atoms with Crippen molar-refractivity contribution >= 4 is 0 Å². The zero-order valence-corrected chi connectivity index (χ0v) is 13.3. The molecule has 0 aromatic heterocycles. The first kappa shape index (κ1) is 15.0. The fraction of sp³-hybridized carbons (Fsp3) is 0.667. The molecule has 1 saturated carbocycles. The molecule has 0 radical (unpaired) electrons. The minimum absolute atomic E-state index is 0.0672. The zero-order chi connectivity index (χ0) is 14.9. The molecule has 1 aromatic rings. The molecule has 3 rings (SSSR count). The van der Waals surface area contributed by atoms with E-state index in [0.29, 0.717) is 0 Å². The van der Waals surface area contributed by atoms with Gasteiger partial charge in [-0.2, -0.15) is 0 Å². The van der Waals surface area contributed by atoms with Crippen LogP contribution in [0, 0.1) is 5.82 Å². The van der Waals surface area contributed by atoms with Crippen LogP contribution in [0.25, 0.3) is 0 Å². The molecule has 2 nitrogen and oxygen atoms in total. The lowest BCUT2D eigenvalue weighted by Gasteiger charge is -2.52. The summed E-state index contributed by atoms with van der Waals surface area (Å²) < 4.78 is 14.1. The minimum atomic E-state index is -0.0672. The summed E-state index contributed by atoms with van der Waals surface area (Å²) in [6, 6.07) is 7.24. The van der Waals surface area contributed by atoms with Gasteiger partial charge in [0.2, 0.25) is 0 Å². The Morgan fingerprint density at radius 3 is 2.62 bits per heavy atom. The first-order valence-corrected chi connectivity index (χ1v) is 8.30. The second-order valence-electron chi connectivity index (χ2n) is 7.15. The predicted molar refractivity (Wildman–Crippen MR) is 84.7 cm³/mol. The molecule has 0 bridgehead atoms. The van der Waals surface area contributed by atoms with Gasteiger partial charge in [-0.05, 0) is 32.3 Å². The van der Waals surface area contributed by atoms with Crippen LogP contribution in [-0.4, -0.2) is 29.1 Å². The van der Waals surface area contributed by atoms with Crippen LogP contribution in [0.4, 0.5) is 4.39 Å². The van der Waals surface area contributed by atoms with E-state index in [1.54, 1.807) is 12.1 Å². The average Bonchev–Trinajstić information content (AvgIpc) is 2.96. The Kier molecular flexibility index (Phi) is 4.06. The summed E-state index contributed by atoms with van der Waals surface area (Å²) in [5, 5.41) is 3.77. The third-order valence-corrected chi connectivity index (χ3v) is 5.69. The molecule has 1 heterocycles. The average molecular weight is 290 g/mol. The molecule has 1 atom stereocenters. The molecular weight excluding hydrogens is 263 g/mol. The van der Waals surface area contributed by atoms with Crippen molar-refractivity contribution in [1.29, 1.82) is 0 Å². The van der Waals surface area contributed by atoms with Crippen molar-refractivity contribution in [3.63, 3.8) is 0 Å². The molecule has 1 spiro atoms. The van der Waals surface area contributed by atoms with Crippen molar-refractivity contribution < 1.29 is 4.39 Å². The van der Waals surface area contributed by atoms with Crippen LogP contribution in [0.1, 0.15) is 51.5 Å². The van der Waals surface area contributed by atoms with Crippen molar-refractivity contribution in [3.8, 4) is 0 Å². The first-order chi connectivity index (χ1) is 10.1. The minimum Gasteiger partial charge on any atom is -0.308 e. The number of nitrogens with one attached hydrogen (secondary N) is 1. The highest BCUT2D eigenvalue weighted by Gasteiger charge is 2.46. The topological polar surface area (TPSA) is 15.3 Å². The number of piperazine rings is 1. The van der Waals surface area contributed by atoms with Gasteiger partial charge < -0.3 is 5.32 Å². The van der Waals surface area contributed by atoms with Crippen LogP contribution in [0.15, 0.2) is 24.3 Å². The Balaban J connectivity index is 1.85. The molecule has 1 aromatic carbocycles. The van der Waals surface area contributed by atoms with E-state index in [-0.39, 0.29) is 16.9 Å². The lowest BCUT2D eigenvalue weighted by Crippen LogP contribution is -2.67. The Labute approximate surface area is 127 Å². The van der Waals surface area contributed by atoms with Gasteiger partial charge in [0.05, 0.1) is 0 Å². The maximum absolute atomic E-state index is 14.1. The summed E-state index contributed by atoms with van der Waals surface area (Å²) >= 11 is 0. The lowest BCUT2D eigenvalue weighted by atomic mass is 9.84. The normalized spacial score (nSPS) is 29.1. The molecule has 1 aliphatic carbocycles. The Hall–Kier alpha value is -0.930. The molecule has 3 heteroatoms. The number of rotatable bonds is 3. The fourth-order valence-electron chi connectivity index (χ4n) is 3.95. The summed E-state index contributed by atoms with van der Waals surface area (Å²) in [6.45, 7) is 7.33. The van der Waals surface area contributed by atoms with Gasteiger partial charge in [-0.1, -0.05) is 38.0 Å². The van der Waals surface area contributed by atoms with Crippen molar-refractivity contribution in [2.45, 2.75) is 63.6 Å². The largest absolute Gasteiger partial charge is 0.308 e. The quantitative estimate of drug-likeness (QED) is 0.913. The molecule has 2 aliphatic rings. The third kappa shape index (κ3) is 2.86. The van der Waals surface area contributed by atoms with Gasteiger partial charge in [-0.25, -0.2) is 4.39 Å². The van der Waals surface area contributed by atoms with Gasteiger partial charge in [-0.3, -0.25) is 4.90 Å². The molecule has 0 amide bonds. The van der Waals surface area contributed by atoms with Gasteiger partial charge in [0.25, 0.3) is 0 Å². The van der Waals surface area contributed by atoms with Crippen LogP contribution in [-0.2, 0) is 6.54 Å². The van der Waals surface area contributed by atoms with Crippen molar-refractivity contribution in [2.24, 2.45) is 0 Å². The van der Waals surface area contributed by atoms with Crippen LogP contribution in [0.2, 0.25) is 0 Å². The highest BCUT2D eigenvalue weighted by molar-refractivity contribution is 5.19. The highest BCUT2D eigenvalue weighted by Crippen LogP contribution is 2.40. The van der Waals surface area contributed by atoms with Crippen LogP contribution < -0.4 is 5.32 Å². The van der Waals surface area contributed by atoms with E-state index < -0.39 is 0 Å². The Morgan fingerprint density at radius 1 is 1.24 bits per heavy atom. The number of benzene rings is 1. The molecule has 1 unspecified atom stereocenters. The van der Waals surface area contributed by atoms with Crippen LogP contribution in [0.3, 0.4) is 0 Å². The van der Waals surface area contributed by atoms with Crippen LogP contribution >= 0.6 is 0 Å². The zero-order valence-electron chi connectivity index (χ0n) is 13.3. The molecule has 21 heavy (non-hydrogen) atoms. The van der Waals surface area contributed by atoms with Gasteiger partial charge in [0, 0.05) is 36.3 Å². The summed E-state index contributed by atoms with van der Waals surface area (Å²) in [5.74, 6) is -0.0672. The third-order valence-electron chi connectivity index (χ3n) is 5.69. The van der Waals surface area contributed by atoms with E-state index in [4.69, 9.17) is 0 Å². The smallest absolute Gasteiger partial charge is 0.127 e. The highest BCUT2D eigenvalue weighted by atomic mass is 19.1. The number of nitrogens with zero attached hydrogens (tertiary/aromatic N) is 1. The SMILES string of the molecule is CCC1(C)CN(Cc2ccccc2F)C2(CCCC2)CN1. The Morgan fingerprint density at radius 2 is 1.95 bits per heavy atom. The molecule has 1 aliphatic heterocycles. The second-order valence-corrected chi connectivity index (χ2v) is 7.15. The van der Waals surface area contributed by atoms with Gasteiger partial charge in [0.1, 0.15) is 5.82 Å². The van der Waals surface area contributed by atoms with E-state index in [2.05, 4.69) is 24.1 Å². The standard InChI is InChI=1S/C18H27FN2/c1-3-17(2)14-21(12-15-8-4-5-9-16(15)19)18(13-20-17)10-6-7-11-18/h4-5,8-9,20H,3,6-7,10-14H2,1-2H3. The van der Waals surface area contributed by atoms with Crippen molar-refractivity contribution in [2.75, 3.05) is 13.1 Å². The van der Waals surface area contributed by atoms with Gasteiger partial charge in [0.15, 0.2) is 0 Å². The molecule has 1 saturated heterocycles. The number of halogens is 1. The molecule has 2 fully saturated rings. The Bertz CT molecular complexity index is 496. The van der Waals surface area contributed by atoms with Gasteiger partial charge >= 0.3 is 0 Å². The second kappa shape index (κ2) is 5.69. The maximum Gasteiger partial charge on any atom is 0.127 e. The van der Waals surface area contributed by atoms with E-state index >= 15 is 0 Å². The summed E-state index contributed by atoms with van der Waals surface area (Å²) in [4.78, 5) is 2.57. The van der Waals surface area contributed by atoms with Crippen LogP contribution in [0.5, 0.6) is 0 Å². The van der Waals surface area contributed by atoms with Crippen molar-refractivity contribution in [1.82, 2.24) is 10.2 Å². The molecule has 1 N–H and O–H groups in total. The maximum atomic E-state index is 14.1. The van der Waals surface area contributed by atoms with E-state index in [0.717, 1.165) is 31.6 Å². The molecule has 116 valence electrons. The number of hydrogen-bond acceptors (Lipinski definition) is 2. The fourth-order valence-corrected chi connectivity index (χ4v) is 3.95.